The van der Waals surface area contributed by atoms with E-state index in [1.165, 1.54) is 17.7 Å². The number of hydrogen-bond acceptors (Lipinski definition) is 1. The summed E-state index contributed by atoms with van der Waals surface area (Å²) in [5.41, 5.74) is 1.20. The molecule has 1 aromatic carbocycles. The molecule has 1 nitrogen and oxygen atoms in total. The highest BCUT2D eigenvalue weighted by Gasteiger charge is 2.30. The predicted molar refractivity (Wildman–Crippen MR) is 57.2 cm³/mol. The summed E-state index contributed by atoms with van der Waals surface area (Å²) in [5.74, 6) is 1.18. The van der Waals surface area contributed by atoms with Gasteiger partial charge in [0, 0.05) is 6.42 Å². The minimum absolute atomic E-state index is 0.182. The van der Waals surface area contributed by atoms with E-state index >= 15 is 0 Å². The minimum Gasteiger partial charge on any atom is -0.300 e. The molecular formula is C13H15FO. The zero-order valence-corrected chi connectivity index (χ0v) is 8.87. The van der Waals surface area contributed by atoms with Gasteiger partial charge in [-0.15, -0.1) is 0 Å². The molecule has 1 aromatic rings. The normalized spacial score (nSPS) is 24.7. The fraction of sp³-hybridized carbons (Fsp3) is 0.462. The van der Waals surface area contributed by atoms with Crippen LogP contribution in [0.2, 0.25) is 0 Å². The van der Waals surface area contributed by atoms with Gasteiger partial charge < -0.3 is 4.79 Å². The van der Waals surface area contributed by atoms with Gasteiger partial charge in [0.1, 0.15) is 11.6 Å². The van der Waals surface area contributed by atoms with Crippen LogP contribution in [-0.2, 0) is 4.79 Å². The van der Waals surface area contributed by atoms with Gasteiger partial charge in [-0.25, -0.2) is 4.39 Å². The molecule has 2 rings (SSSR count). The average molecular weight is 206 g/mol. The van der Waals surface area contributed by atoms with Crippen LogP contribution in [0.3, 0.4) is 0 Å². The molecule has 0 amide bonds. The molecule has 0 saturated heterocycles. The van der Waals surface area contributed by atoms with Crippen molar-refractivity contribution in [3.63, 3.8) is 0 Å². The molecule has 1 saturated carbocycles. The van der Waals surface area contributed by atoms with Crippen molar-refractivity contribution < 1.29 is 9.18 Å². The van der Waals surface area contributed by atoms with Crippen LogP contribution in [0, 0.1) is 11.7 Å². The molecule has 0 aliphatic heterocycles. The molecule has 0 N–H and O–H groups in total. The first-order valence-electron chi connectivity index (χ1n) is 5.40. The van der Waals surface area contributed by atoms with Gasteiger partial charge in [0.2, 0.25) is 0 Å². The van der Waals surface area contributed by atoms with Crippen molar-refractivity contribution in [1.29, 1.82) is 0 Å². The van der Waals surface area contributed by atoms with Gasteiger partial charge in [-0.1, -0.05) is 12.1 Å². The second-order valence-electron chi connectivity index (χ2n) is 4.49. The first-order valence-corrected chi connectivity index (χ1v) is 5.40. The number of carbonyl (C=O) groups excluding carboxylic acids is 1. The molecule has 0 radical (unpaired) electrons. The van der Waals surface area contributed by atoms with Gasteiger partial charge in [0.25, 0.3) is 0 Å². The zero-order valence-electron chi connectivity index (χ0n) is 8.87. The van der Waals surface area contributed by atoms with Crippen molar-refractivity contribution >= 4 is 5.78 Å². The molecule has 0 bridgehead atoms. The molecule has 0 spiro atoms. The van der Waals surface area contributed by atoms with Crippen molar-refractivity contribution in [2.24, 2.45) is 5.92 Å². The molecule has 1 aliphatic rings. The Morgan fingerprint density at radius 3 is 2.47 bits per heavy atom. The highest BCUT2D eigenvalue weighted by atomic mass is 19.1. The Kier molecular flexibility index (Phi) is 2.85. The predicted octanol–water partition coefficient (Wildman–Crippen LogP) is 3.30. The summed E-state index contributed by atoms with van der Waals surface area (Å²) in [6, 6.07) is 6.72. The molecule has 0 unspecified atom stereocenters. The summed E-state index contributed by atoms with van der Waals surface area (Å²) in [6.45, 7) is 1.64. The van der Waals surface area contributed by atoms with E-state index in [4.69, 9.17) is 0 Å². The Hall–Kier alpha value is -1.18. The third kappa shape index (κ3) is 2.44. The summed E-state index contributed by atoms with van der Waals surface area (Å²) in [7, 11) is 0. The number of ketones is 1. The lowest BCUT2D eigenvalue weighted by Gasteiger charge is -2.35. The Morgan fingerprint density at radius 1 is 1.33 bits per heavy atom. The topological polar surface area (TPSA) is 17.1 Å². The first kappa shape index (κ1) is 10.3. The van der Waals surface area contributed by atoms with E-state index < -0.39 is 0 Å². The quantitative estimate of drug-likeness (QED) is 0.741. The van der Waals surface area contributed by atoms with Crippen LogP contribution < -0.4 is 0 Å². The molecule has 1 fully saturated rings. The van der Waals surface area contributed by atoms with Crippen molar-refractivity contribution in [2.45, 2.75) is 32.1 Å². The Morgan fingerprint density at radius 2 is 1.93 bits per heavy atom. The van der Waals surface area contributed by atoms with E-state index in [-0.39, 0.29) is 11.6 Å². The van der Waals surface area contributed by atoms with Gasteiger partial charge in [-0.05, 0) is 49.3 Å². The lowest BCUT2D eigenvalue weighted by atomic mass is 9.70. The van der Waals surface area contributed by atoms with Gasteiger partial charge >= 0.3 is 0 Å². The second kappa shape index (κ2) is 4.13. The zero-order chi connectivity index (χ0) is 10.8. The van der Waals surface area contributed by atoms with Gasteiger partial charge in [-0.2, -0.15) is 0 Å². The van der Waals surface area contributed by atoms with E-state index in [9.17, 15) is 9.18 Å². The molecule has 0 atom stereocenters. The van der Waals surface area contributed by atoms with E-state index in [0.717, 1.165) is 12.8 Å². The maximum absolute atomic E-state index is 12.7. The third-order valence-corrected chi connectivity index (χ3v) is 3.15. The summed E-state index contributed by atoms with van der Waals surface area (Å²) >= 11 is 0. The third-order valence-electron chi connectivity index (χ3n) is 3.15. The van der Waals surface area contributed by atoms with E-state index in [0.29, 0.717) is 18.3 Å². The van der Waals surface area contributed by atoms with Crippen LogP contribution in [0.1, 0.15) is 37.7 Å². The van der Waals surface area contributed by atoms with Gasteiger partial charge in [-0.3, -0.25) is 0 Å². The Bertz CT molecular complexity index is 349. The van der Waals surface area contributed by atoms with Crippen LogP contribution in [0.25, 0.3) is 0 Å². The van der Waals surface area contributed by atoms with Crippen LogP contribution in [0.5, 0.6) is 0 Å². The number of hydrogen-bond donors (Lipinski definition) is 0. The van der Waals surface area contributed by atoms with E-state index in [1.54, 1.807) is 6.92 Å². The molecule has 0 aromatic heterocycles. The smallest absolute Gasteiger partial charge is 0.130 e. The highest BCUT2D eigenvalue weighted by molar-refractivity contribution is 5.75. The van der Waals surface area contributed by atoms with Crippen molar-refractivity contribution in [2.75, 3.05) is 0 Å². The fourth-order valence-corrected chi connectivity index (χ4v) is 2.32. The number of carbonyl (C=O) groups is 1. The van der Waals surface area contributed by atoms with Crippen LogP contribution in [0.15, 0.2) is 24.3 Å². The van der Waals surface area contributed by atoms with Gasteiger partial charge in [0.15, 0.2) is 0 Å². The van der Waals surface area contributed by atoms with Crippen molar-refractivity contribution in [3.05, 3.63) is 35.6 Å². The SMILES string of the molecule is CC(=O)CC1CC(c2ccc(F)cc2)C1. The largest absolute Gasteiger partial charge is 0.300 e. The van der Waals surface area contributed by atoms with Crippen LogP contribution in [0.4, 0.5) is 4.39 Å². The summed E-state index contributed by atoms with van der Waals surface area (Å²) < 4.78 is 12.7. The van der Waals surface area contributed by atoms with Crippen molar-refractivity contribution in [3.8, 4) is 0 Å². The fourth-order valence-electron chi connectivity index (χ4n) is 2.32. The maximum Gasteiger partial charge on any atom is 0.130 e. The molecule has 1 aliphatic carbocycles. The van der Waals surface area contributed by atoms with Crippen LogP contribution >= 0.6 is 0 Å². The molecule has 15 heavy (non-hydrogen) atoms. The number of rotatable bonds is 3. The summed E-state index contributed by atoms with van der Waals surface area (Å²) in [5, 5.41) is 0. The maximum atomic E-state index is 12.7. The lowest BCUT2D eigenvalue weighted by molar-refractivity contribution is -0.118. The number of Topliss-reactive ketones (excluding diaryl/α,β-unsaturated/α-hetero) is 1. The molecular weight excluding hydrogens is 191 g/mol. The molecule has 0 heterocycles. The highest BCUT2D eigenvalue weighted by Crippen LogP contribution is 2.43. The summed E-state index contributed by atoms with van der Waals surface area (Å²) in [6.07, 6.45) is 2.86. The molecule has 80 valence electrons. The Labute approximate surface area is 89.3 Å². The first-order chi connectivity index (χ1) is 7.15. The molecule has 2 heteroatoms. The summed E-state index contributed by atoms with van der Waals surface area (Å²) in [4.78, 5) is 10.9. The lowest BCUT2D eigenvalue weighted by Crippen LogP contribution is -2.23. The number of benzene rings is 1. The van der Waals surface area contributed by atoms with Crippen molar-refractivity contribution in [1.82, 2.24) is 0 Å². The second-order valence-corrected chi connectivity index (χ2v) is 4.49. The van der Waals surface area contributed by atoms with Gasteiger partial charge in [0.05, 0.1) is 0 Å². The average Bonchev–Trinajstić information content (AvgIpc) is 2.12. The monoisotopic (exact) mass is 206 g/mol. The standard InChI is InChI=1S/C13H15FO/c1-9(15)6-10-7-12(8-10)11-2-4-13(14)5-3-11/h2-5,10,12H,6-8H2,1H3. The number of halogens is 1. The Balaban J connectivity index is 1.89. The minimum atomic E-state index is -0.182. The van der Waals surface area contributed by atoms with E-state index in [2.05, 4.69) is 0 Å². The van der Waals surface area contributed by atoms with Crippen LogP contribution in [-0.4, -0.2) is 5.78 Å². The van der Waals surface area contributed by atoms with E-state index in [1.807, 2.05) is 12.1 Å².